The number of ether oxygens (including phenoxy) is 1. The number of rotatable bonds is 10. The third-order valence-electron chi connectivity index (χ3n) is 5.71. The minimum absolute atomic E-state index is 0.0139. The number of nitriles is 1. The van der Waals surface area contributed by atoms with Gasteiger partial charge in [0.25, 0.3) is 5.91 Å². The fourth-order valence-electron chi connectivity index (χ4n) is 4.03. The van der Waals surface area contributed by atoms with Crippen LogP contribution in [0.5, 0.6) is 0 Å². The first-order valence-electron chi connectivity index (χ1n) is 12.7. The van der Waals surface area contributed by atoms with Crippen LogP contribution in [-0.2, 0) is 14.3 Å². The molecule has 2 aromatic carbocycles. The number of carbonyl (C=O) groups excluding carboxylic acids is 3. The molecule has 3 amide bonds. The van der Waals surface area contributed by atoms with E-state index >= 15 is 0 Å². The van der Waals surface area contributed by atoms with E-state index in [0.29, 0.717) is 16.3 Å². The number of hydrogen-bond donors (Lipinski definition) is 2. The summed E-state index contributed by atoms with van der Waals surface area (Å²) >= 11 is 6.37. The zero-order valence-electron chi connectivity index (χ0n) is 23.4. The van der Waals surface area contributed by atoms with E-state index in [2.05, 4.69) is 17.2 Å². The standard InChI is InChI=1S/C30H37ClN4O4/c1-8-21-12-10-13-22(18-21)26(27(36)34-25-20(4)11-9-14-23(25)31)35(16-15-32)28(37)24(17-19(2)3)33-29(38)39-30(5,6)7/h8-14,18-19,24,26H,1,16-17H2,2-7H3,(H,33,38)(H,34,36). The second-order valence-corrected chi connectivity index (χ2v) is 11.1. The lowest BCUT2D eigenvalue weighted by Crippen LogP contribution is -2.53. The summed E-state index contributed by atoms with van der Waals surface area (Å²) in [6.07, 6.45) is 1.13. The molecule has 0 spiro atoms. The molecule has 208 valence electrons. The van der Waals surface area contributed by atoms with E-state index in [0.717, 1.165) is 11.1 Å². The van der Waals surface area contributed by atoms with Crippen LogP contribution in [0.15, 0.2) is 49.0 Å². The summed E-state index contributed by atoms with van der Waals surface area (Å²) < 4.78 is 5.38. The highest BCUT2D eigenvalue weighted by Gasteiger charge is 2.37. The van der Waals surface area contributed by atoms with Crippen molar-refractivity contribution in [2.24, 2.45) is 5.92 Å². The molecule has 0 aliphatic rings. The smallest absolute Gasteiger partial charge is 0.408 e. The molecule has 0 radical (unpaired) electrons. The predicted molar refractivity (Wildman–Crippen MR) is 154 cm³/mol. The van der Waals surface area contributed by atoms with Crippen molar-refractivity contribution in [2.75, 3.05) is 11.9 Å². The highest BCUT2D eigenvalue weighted by atomic mass is 35.5. The van der Waals surface area contributed by atoms with Crippen LogP contribution in [0.2, 0.25) is 5.02 Å². The van der Waals surface area contributed by atoms with Gasteiger partial charge in [-0.05, 0) is 68.9 Å². The van der Waals surface area contributed by atoms with Gasteiger partial charge in [-0.3, -0.25) is 9.59 Å². The summed E-state index contributed by atoms with van der Waals surface area (Å²) in [5.41, 5.74) is 1.57. The average Bonchev–Trinajstić information content (AvgIpc) is 2.84. The van der Waals surface area contributed by atoms with Gasteiger partial charge in [-0.2, -0.15) is 5.26 Å². The molecule has 8 nitrogen and oxygen atoms in total. The molecule has 2 rings (SSSR count). The monoisotopic (exact) mass is 552 g/mol. The van der Waals surface area contributed by atoms with Gasteiger partial charge < -0.3 is 20.3 Å². The number of para-hydroxylation sites is 1. The molecule has 0 saturated carbocycles. The minimum atomic E-state index is -1.21. The van der Waals surface area contributed by atoms with Crippen LogP contribution in [0.1, 0.15) is 63.8 Å². The molecule has 2 atom stereocenters. The Morgan fingerprint density at radius 2 is 1.85 bits per heavy atom. The summed E-state index contributed by atoms with van der Waals surface area (Å²) in [6.45, 7) is 14.2. The molecule has 2 unspecified atom stereocenters. The topological polar surface area (TPSA) is 112 Å². The second-order valence-electron chi connectivity index (χ2n) is 10.7. The van der Waals surface area contributed by atoms with E-state index in [-0.39, 0.29) is 12.3 Å². The van der Waals surface area contributed by atoms with E-state index in [1.807, 2.05) is 26.0 Å². The van der Waals surface area contributed by atoms with E-state index in [1.165, 1.54) is 4.90 Å². The number of carbonyl (C=O) groups is 3. The van der Waals surface area contributed by atoms with Crippen molar-refractivity contribution >= 4 is 41.3 Å². The highest BCUT2D eigenvalue weighted by Crippen LogP contribution is 2.30. The van der Waals surface area contributed by atoms with Gasteiger partial charge in [0.2, 0.25) is 5.91 Å². The maximum Gasteiger partial charge on any atom is 0.408 e. The van der Waals surface area contributed by atoms with Gasteiger partial charge in [0, 0.05) is 0 Å². The van der Waals surface area contributed by atoms with E-state index in [9.17, 15) is 19.6 Å². The maximum absolute atomic E-state index is 14.0. The lowest BCUT2D eigenvalue weighted by molar-refractivity contribution is -0.140. The van der Waals surface area contributed by atoms with E-state index in [1.54, 1.807) is 70.2 Å². The second kappa shape index (κ2) is 13.8. The first-order chi connectivity index (χ1) is 18.3. The van der Waals surface area contributed by atoms with Crippen molar-refractivity contribution in [3.05, 3.63) is 70.8 Å². The quantitative estimate of drug-likeness (QED) is 0.338. The molecular formula is C30H37ClN4O4. The molecule has 9 heteroatoms. The molecule has 2 N–H and O–H groups in total. The number of aryl methyl sites for hydroxylation is 1. The van der Waals surface area contributed by atoms with Gasteiger partial charge in [0.05, 0.1) is 16.8 Å². The lowest BCUT2D eigenvalue weighted by Gasteiger charge is -2.33. The molecule has 2 aromatic rings. The van der Waals surface area contributed by atoms with Crippen molar-refractivity contribution in [3.63, 3.8) is 0 Å². The van der Waals surface area contributed by atoms with Gasteiger partial charge in [-0.15, -0.1) is 0 Å². The molecule has 0 bridgehead atoms. The molecular weight excluding hydrogens is 516 g/mol. The van der Waals surface area contributed by atoms with Gasteiger partial charge in [-0.1, -0.05) is 68.4 Å². The maximum atomic E-state index is 14.0. The third-order valence-corrected chi connectivity index (χ3v) is 6.03. The van der Waals surface area contributed by atoms with Crippen molar-refractivity contribution in [1.29, 1.82) is 5.26 Å². The van der Waals surface area contributed by atoms with E-state index in [4.69, 9.17) is 16.3 Å². The number of amides is 3. The van der Waals surface area contributed by atoms with Crippen LogP contribution in [0.3, 0.4) is 0 Å². The van der Waals surface area contributed by atoms with Gasteiger partial charge in [0.1, 0.15) is 24.2 Å². The van der Waals surface area contributed by atoms with Crippen molar-refractivity contribution in [1.82, 2.24) is 10.2 Å². The predicted octanol–water partition coefficient (Wildman–Crippen LogP) is 6.26. The Bertz CT molecular complexity index is 1230. The molecule has 0 heterocycles. The Kier molecular flexibility index (Phi) is 11.1. The van der Waals surface area contributed by atoms with Crippen LogP contribution in [0, 0.1) is 24.2 Å². The first kappa shape index (κ1) is 31.4. The summed E-state index contributed by atoms with van der Waals surface area (Å²) in [7, 11) is 0. The Morgan fingerprint density at radius 3 is 2.41 bits per heavy atom. The number of nitrogens with zero attached hydrogens (tertiary/aromatic N) is 2. The third kappa shape index (κ3) is 9.15. The van der Waals surface area contributed by atoms with Crippen molar-refractivity contribution in [3.8, 4) is 6.07 Å². The average molecular weight is 553 g/mol. The summed E-state index contributed by atoms with van der Waals surface area (Å²) in [4.78, 5) is 41.7. The number of alkyl carbamates (subject to hydrolysis) is 1. The normalized spacial score (nSPS) is 12.6. The van der Waals surface area contributed by atoms with Crippen molar-refractivity contribution in [2.45, 2.75) is 65.6 Å². The number of halogens is 1. The number of benzene rings is 2. The number of nitrogens with one attached hydrogen (secondary N) is 2. The Balaban J connectivity index is 2.59. The zero-order chi connectivity index (χ0) is 29.3. The fourth-order valence-corrected chi connectivity index (χ4v) is 4.30. The number of anilines is 1. The SMILES string of the molecule is C=Cc1cccc(C(C(=O)Nc2c(C)cccc2Cl)N(CC#N)C(=O)C(CC(C)C)NC(=O)OC(C)(C)C)c1. The van der Waals surface area contributed by atoms with Gasteiger partial charge >= 0.3 is 6.09 Å². The van der Waals surface area contributed by atoms with Crippen LogP contribution >= 0.6 is 11.6 Å². The van der Waals surface area contributed by atoms with Crippen LogP contribution < -0.4 is 10.6 Å². The van der Waals surface area contributed by atoms with E-state index < -0.39 is 42.1 Å². The molecule has 0 fully saturated rings. The summed E-state index contributed by atoms with van der Waals surface area (Å²) in [5.74, 6) is -1.13. The summed E-state index contributed by atoms with van der Waals surface area (Å²) in [5, 5.41) is 15.5. The van der Waals surface area contributed by atoms with Crippen LogP contribution in [0.4, 0.5) is 10.5 Å². The Hall–Kier alpha value is -3.83. The summed E-state index contributed by atoms with van der Waals surface area (Å²) in [6, 6.07) is 12.0. The molecule has 0 saturated heterocycles. The van der Waals surface area contributed by atoms with Crippen LogP contribution in [0.25, 0.3) is 6.08 Å². The lowest BCUT2D eigenvalue weighted by atomic mass is 9.98. The minimum Gasteiger partial charge on any atom is -0.444 e. The largest absolute Gasteiger partial charge is 0.444 e. The number of hydrogen-bond acceptors (Lipinski definition) is 5. The molecule has 0 aromatic heterocycles. The Labute approximate surface area is 236 Å². The molecule has 0 aliphatic heterocycles. The molecule has 39 heavy (non-hydrogen) atoms. The van der Waals surface area contributed by atoms with Crippen molar-refractivity contribution < 1.29 is 19.1 Å². The highest BCUT2D eigenvalue weighted by molar-refractivity contribution is 6.34. The van der Waals surface area contributed by atoms with Gasteiger partial charge in [0.15, 0.2) is 0 Å². The fraction of sp³-hybridized carbons (Fsp3) is 0.400. The van der Waals surface area contributed by atoms with Gasteiger partial charge in [-0.25, -0.2) is 4.79 Å². The van der Waals surface area contributed by atoms with Crippen LogP contribution in [-0.4, -0.2) is 41.0 Å². The zero-order valence-corrected chi connectivity index (χ0v) is 24.1. The Morgan fingerprint density at radius 1 is 1.18 bits per heavy atom. The first-order valence-corrected chi connectivity index (χ1v) is 13.1. The molecule has 0 aliphatic carbocycles.